The molecular weight excluding hydrogens is 371 g/mol. The third-order valence-corrected chi connectivity index (χ3v) is 5.35. The highest BCUT2D eigenvalue weighted by Crippen LogP contribution is 2.21. The van der Waals surface area contributed by atoms with Crippen LogP contribution in [0.1, 0.15) is 42.0 Å². The van der Waals surface area contributed by atoms with Crippen molar-refractivity contribution in [2.24, 2.45) is 5.92 Å². The number of para-hydroxylation sites is 2. The molecular formula is C22H23FN4O2. The molecule has 1 aromatic heterocycles. The summed E-state index contributed by atoms with van der Waals surface area (Å²) in [5.41, 5.74) is 2.22. The molecule has 0 spiro atoms. The van der Waals surface area contributed by atoms with E-state index in [1.807, 2.05) is 31.2 Å². The maximum absolute atomic E-state index is 13.1. The van der Waals surface area contributed by atoms with E-state index in [9.17, 15) is 14.0 Å². The van der Waals surface area contributed by atoms with Crippen LogP contribution in [0, 0.1) is 11.7 Å². The van der Waals surface area contributed by atoms with Crippen LogP contribution < -0.4 is 5.32 Å². The predicted molar refractivity (Wildman–Crippen MR) is 108 cm³/mol. The van der Waals surface area contributed by atoms with E-state index in [-0.39, 0.29) is 29.6 Å². The average molecular weight is 394 g/mol. The average Bonchev–Trinajstić information content (AvgIpc) is 3.18. The molecule has 1 aliphatic rings. The third-order valence-electron chi connectivity index (χ3n) is 5.35. The smallest absolute Gasteiger partial charge is 0.253 e. The van der Waals surface area contributed by atoms with Gasteiger partial charge in [-0.1, -0.05) is 12.1 Å². The molecule has 2 atom stereocenters. The lowest BCUT2D eigenvalue weighted by atomic mass is 9.96. The van der Waals surface area contributed by atoms with Gasteiger partial charge >= 0.3 is 0 Å². The number of nitrogens with one attached hydrogen (secondary N) is 2. The zero-order chi connectivity index (χ0) is 20.4. The van der Waals surface area contributed by atoms with Crippen LogP contribution in [0.5, 0.6) is 0 Å². The minimum atomic E-state index is -0.378. The van der Waals surface area contributed by atoms with Gasteiger partial charge in [-0.3, -0.25) is 9.59 Å². The summed E-state index contributed by atoms with van der Waals surface area (Å²) in [6.45, 7) is 2.84. The van der Waals surface area contributed by atoms with Crippen molar-refractivity contribution >= 4 is 22.8 Å². The lowest BCUT2D eigenvalue weighted by Gasteiger charge is -2.32. The van der Waals surface area contributed by atoms with Crippen molar-refractivity contribution in [3.8, 4) is 0 Å². The van der Waals surface area contributed by atoms with Gasteiger partial charge in [0.05, 0.1) is 23.0 Å². The molecule has 4 rings (SSSR count). The molecule has 2 heterocycles. The minimum Gasteiger partial charge on any atom is -0.346 e. The van der Waals surface area contributed by atoms with E-state index in [4.69, 9.17) is 0 Å². The molecule has 7 heteroatoms. The summed E-state index contributed by atoms with van der Waals surface area (Å²) in [5.74, 6) is -0.214. The standard InChI is InChI=1S/C22H23FN4O2/c1-14(20-25-18-6-2-3-7-19(18)26-20)24-21(28)16-5-4-12-27(13-16)22(29)15-8-10-17(23)11-9-15/h2-3,6-11,14,16H,4-5,12-13H2,1H3,(H,24,28)(H,25,26)/t14-,16?/m0/s1. The number of imidazole rings is 1. The molecule has 1 aliphatic heterocycles. The number of benzene rings is 2. The Kier molecular flexibility index (Phi) is 5.29. The lowest BCUT2D eigenvalue weighted by molar-refractivity contribution is -0.127. The molecule has 0 bridgehead atoms. The topological polar surface area (TPSA) is 78.1 Å². The number of likely N-dealkylation sites (tertiary alicyclic amines) is 1. The normalized spacial score (nSPS) is 17.9. The zero-order valence-electron chi connectivity index (χ0n) is 16.2. The molecule has 150 valence electrons. The lowest BCUT2D eigenvalue weighted by Crippen LogP contribution is -2.46. The Balaban J connectivity index is 1.40. The van der Waals surface area contributed by atoms with Crippen LogP contribution in [0.2, 0.25) is 0 Å². The third kappa shape index (κ3) is 4.13. The molecule has 2 amide bonds. The van der Waals surface area contributed by atoms with Gasteiger partial charge in [0.25, 0.3) is 5.91 Å². The number of halogens is 1. The summed E-state index contributed by atoms with van der Waals surface area (Å²) in [5, 5.41) is 3.01. The van der Waals surface area contributed by atoms with Gasteiger partial charge in [-0.25, -0.2) is 9.37 Å². The summed E-state index contributed by atoms with van der Waals surface area (Å²) in [4.78, 5) is 34.9. The molecule has 29 heavy (non-hydrogen) atoms. The van der Waals surface area contributed by atoms with Crippen LogP contribution in [0.15, 0.2) is 48.5 Å². The second-order valence-electron chi connectivity index (χ2n) is 7.47. The molecule has 1 fully saturated rings. The van der Waals surface area contributed by atoms with Crippen molar-refractivity contribution in [2.75, 3.05) is 13.1 Å². The van der Waals surface area contributed by atoms with Crippen LogP contribution in [-0.2, 0) is 4.79 Å². The van der Waals surface area contributed by atoms with Crippen molar-refractivity contribution in [2.45, 2.75) is 25.8 Å². The van der Waals surface area contributed by atoms with Crippen LogP contribution >= 0.6 is 0 Å². The fraction of sp³-hybridized carbons (Fsp3) is 0.318. The van der Waals surface area contributed by atoms with Crippen molar-refractivity contribution < 1.29 is 14.0 Å². The molecule has 1 unspecified atom stereocenters. The van der Waals surface area contributed by atoms with Gasteiger partial charge in [0.2, 0.25) is 5.91 Å². The minimum absolute atomic E-state index is 0.0884. The fourth-order valence-corrected chi connectivity index (χ4v) is 3.73. The number of fused-ring (bicyclic) bond motifs is 1. The van der Waals surface area contributed by atoms with E-state index >= 15 is 0 Å². The highest BCUT2D eigenvalue weighted by Gasteiger charge is 2.30. The van der Waals surface area contributed by atoms with E-state index < -0.39 is 0 Å². The number of carbonyl (C=O) groups excluding carboxylic acids is 2. The first kappa shape index (κ1) is 19.1. The van der Waals surface area contributed by atoms with Gasteiger partial charge in [0.15, 0.2) is 0 Å². The molecule has 6 nitrogen and oxygen atoms in total. The monoisotopic (exact) mass is 394 g/mol. The number of hydrogen-bond acceptors (Lipinski definition) is 3. The van der Waals surface area contributed by atoms with E-state index in [1.54, 1.807) is 4.90 Å². The first-order valence-electron chi connectivity index (χ1n) is 9.81. The fourth-order valence-electron chi connectivity index (χ4n) is 3.73. The Bertz CT molecular complexity index is 998. The highest BCUT2D eigenvalue weighted by molar-refractivity contribution is 5.94. The van der Waals surface area contributed by atoms with Gasteiger partial charge in [0.1, 0.15) is 11.6 Å². The molecule has 3 aromatic rings. The molecule has 0 aliphatic carbocycles. The summed E-state index contributed by atoms with van der Waals surface area (Å²) >= 11 is 0. The molecule has 1 saturated heterocycles. The quantitative estimate of drug-likeness (QED) is 0.712. The molecule has 2 N–H and O–H groups in total. The number of aromatic nitrogens is 2. The Morgan fingerprint density at radius 1 is 1.21 bits per heavy atom. The maximum Gasteiger partial charge on any atom is 0.253 e. The van der Waals surface area contributed by atoms with Crippen molar-refractivity contribution in [1.29, 1.82) is 0 Å². The Hall–Kier alpha value is -3.22. The van der Waals surface area contributed by atoms with Crippen LogP contribution in [0.3, 0.4) is 0 Å². The predicted octanol–water partition coefficient (Wildman–Crippen LogP) is 3.43. The molecule has 0 radical (unpaired) electrons. The van der Waals surface area contributed by atoms with E-state index in [0.717, 1.165) is 23.9 Å². The van der Waals surface area contributed by atoms with E-state index in [1.165, 1.54) is 24.3 Å². The van der Waals surface area contributed by atoms with Gasteiger partial charge in [0, 0.05) is 18.7 Å². The number of carbonyl (C=O) groups is 2. The number of rotatable bonds is 4. The van der Waals surface area contributed by atoms with Gasteiger partial charge in [-0.05, 0) is 56.2 Å². The first-order chi connectivity index (χ1) is 14.0. The molecule has 2 aromatic carbocycles. The number of nitrogens with zero attached hydrogens (tertiary/aromatic N) is 2. The van der Waals surface area contributed by atoms with E-state index in [2.05, 4.69) is 15.3 Å². The van der Waals surface area contributed by atoms with Crippen LogP contribution in [0.25, 0.3) is 11.0 Å². The Labute approximate surface area is 168 Å². The molecule has 0 saturated carbocycles. The van der Waals surface area contributed by atoms with Crippen LogP contribution in [0.4, 0.5) is 4.39 Å². The first-order valence-corrected chi connectivity index (χ1v) is 9.81. The largest absolute Gasteiger partial charge is 0.346 e. The highest BCUT2D eigenvalue weighted by atomic mass is 19.1. The van der Waals surface area contributed by atoms with Crippen molar-refractivity contribution in [1.82, 2.24) is 20.2 Å². The summed E-state index contributed by atoms with van der Waals surface area (Å²) in [7, 11) is 0. The SMILES string of the molecule is C[C@H](NC(=O)C1CCCN(C(=O)c2ccc(F)cc2)C1)c1nc2ccccc2[nH]1. The van der Waals surface area contributed by atoms with Crippen molar-refractivity contribution in [3.05, 3.63) is 65.7 Å². The van der Waals surface area contributed by atoms with Gasteiger partial charge in [-0.15, -0.1) is 0 Å². The van der Waals surface area contributed by atoms with Gasteiger partial charge in [-0.2, -0.15) is 0 Å². The zero-order valence-corrected chi connectivity index (χ0v) is 16.2. The summed E-state index contributed by atoms with van der Waals surface area (Å²) in [6, 6.07) is 13.0. The maximum atomic E-state index is 13.1. The van der Waals surface area contributed by atoms with E-state index in [0.29, 0.717) is 24.5 Å². The Morgan fingerprint density at radius 2 is 1.97 bits per heavy atom. The number of hydrogen-bond donors (Lipinski definition) is 2. The van der Waals surface area contributed by atoms with Crippen LogP contribution in [-0.4, -0.2) is 39.8 Å². The second kappa shape index (κ2) is 8.03. The summed E-state index contributed by atoms with van der Waals surface area (Å²) in [6.07, 6.45) is 1.48. The summed E-state index contributed by atoms with van der Waals surface area (Å²) < 4.78 is 13.1. The number of aromatic amines is 1. The van der Waals surface area contributed by atoms with Crippen molar-refractivity contribution in [3.63, 3.8) is 0 Å². The number of piperidine rings is 1. The Morgan fingerprint density at radius 3 is 2.72 bits per heavy atom. The number of H-pyrrole nitrogens is 1. The van der Waals surface area contributed by atoms with Gasteiger partial charge < -0.3 is 15.2 Å². The second-order valence-corrected chi connectivity index (χ2v) is 7.47. The number of amides is 2.